The van der Waals surface area contributed by atoms with E-state index < -0.39 is 10.4 Å². The van der Waals surface area contributed by atoms with E-state index >= 15 is 0 Å². The molecule has 8 heteroatoms. The van der Waals surface area contributed by atoms with Gasteiger partial charge in [-0.05, 0) is 97.7 Å². The molecule has 3 fully saturated rings. The van der Waals surface area contributed by atoms with Gasteiger partial charge in [0.25, 0.3) is 0 Å². The molecule has 3 saturated carbocycles. The van der Waals surface area contributed by atoms with Crippen molar-refractivity contribution in [1.82, 2.24) is 0 Å². The second-order valence-electron chi connectivity index (χ2n) is 13.1. The molecule has 4 aliphatic carbocycles. The maximum Gasteiger partial charge on any atom is 0.394 e. The van der Waals surface area contributed by atoms with Crippen molar-refractivity contribution < 1.29 is 32.8 Å². The third-order valence-electron chi connectivity index (χ3n) is 10.4. The SMILES string of the molecule is CC(C)CCC[C@@H](C)[C@H]1CC[C@H]2[C@@H]3CC=C4C[C@@H](O)CC[C@]4(C)[C@H]3CC[C@]12C.O=S(=O)(O)O.OCCO. The van der Waals surface area contributed by atoms with Gasteiger partial charge in [-0.2, -0.15) is 8.42 Å². The number of hydrogen-bond donors (Lipinski definition) is 5. The molecule has 4 aliphatic rings. The van der Waals surface area contributed by atoms with Gasteiger partial charge in [0.15, 0.2) is 0 Å². The summed E-state index contributed by atoms with van der Waals surface area (Å²) in [5.41, 5.74) is 2.60. The molecule has 4 rings (SSSR count). The lowest BCUT2D eigenvalue weighted by Gasteiger charge is -2.58. The maximum absolute atomic E-state index is 10.2. The minimum Gasteiger partial charge on any atom is -0.394 e. The van der Waals surface area contributed by atoms with E-state index in [-0.39, 0.29) is 19.3 Å². The zero-order valence-corrected chi connectivity index (χ0v) is 24.6. The number of fused-ring (bicyclic) bond motifs is 5. The van der Waals surface area contributed by atoms with E-state index in [1.807, 2.05) is 0 Å². The molecule has 37 heavy (non-hydrogen) atoms. The van der Waals surface area contributed by atoms with Crippen molar-refractivity contribution in [2.75, 3.05) is 13.2 Å². The molecule has 0 radical (unpaired) electrons. The molecule has 0 aliphatic heterocycles. The Hall–Kier alpha value is -0.510. The number of allylic oxidation sites excluding steroid dienone is 1. The Labute approximate surface area is 225 Å². The second kappa shape index (κ2) is 13.7. The highest BCUT2D eigenvalue weighted by Crippen LogP contribution is 2.67. The monoisotopic (exact) mass is 546 g/mol. The average molecular weight is 547 g/mol. The van der Waals surface area contributed by atoms with E-state index in [0.29, 0.717) is 10.8 Å². The predicted molar refractivity (Wildman–Crippen MR) is 147 cm³/mol. The van der Waals surface area contributed by atoms with Crippen LogP contribution in [0.15, 0.2) is 11.6 Å². The van der Waals surface area contributed by atoms with Crippen LogP contribution in [0.25, 0.3) is 0 Å². The lowest BCUT2D eigenvalue weighted by Crippen LogP contribution is -2.50. The van der Waals surface area contributed by atoms with Crippen LogP contribution >= 0.6 is 0 Å². The first kappa shape index (κ1) is 32.7. The number of hydrogen-bond acceptors (Lipinski definition) is 5. The summed E-state index contributed by atoms with van der Waals surface area (Å²) in [4.78, 5) is 0. The van der Waals surface area contributed by atoms with Crippen molar-refractivity contribution in [3.63, 3.8) is 0 Å². The summed E-state index contributed by atoms with van der Waals surface area (Å²) < 4.78 is 31.6. The van der Waals surface area contributed by atoms with Crippen LogP contribution in [-0.2, 0) is 10.4 Å². The van der Waals surface area contributed by atoms with Crippen molar-refractivity contribution in [2.45, 2.75) is 111 Å². The van der Waals surface area contributed by atoms with Crippen LogP contribution in [0.1, 0.15) is 105 Å². The third kappa shape index (κ3) is 8.49. The summed E-state index contributed by atoms with van der Waals surface area (Å²) in [5.74, 6) is 5.46. The first-order valence-corrected chi connectivity index (χ1v) is 15.9. The molecule has 0 bridgehead atoms. The summed E-state index contributed by atoms with van der Waals surface area (Å²) in [6.07, 6.45) is 17.2. The Morgan fingerprint density at radius 1 is 0.946 bits per heavy atom. The van der Waals surface area contributed by atoms with Crippen molar-refractivity contribution in [2.24, 2.45) is 46.3 Å². The van der Waals surface area contributed by atoms with E-state index in [0.717, 1.165) is 48.3 Å². The van der Waals surface area contributed by atoms with Crippen LogP contribution in [0.5, 0.6) is 0 Å². The minimum absolute atomic E-state index is 0.0766. The largest absolute Gasteiger partial charge is 0.394 e. The van der Waals surface area contributed by atoms with Gasteiger partial charge in [0.1, 0.15) is 0 Å². The Morgan fingerprint density at radius 2 is 1.57 bits per heavy atom. The van der Waals surface area contributed by atoms with Crippen LogP contribution in [0.3, 0.4) is 0 Å². The van der Waals surface area contributed by atoms with E-state index in [2.05, 4.69) is 40.7 Å². The summed E-state index contributed by atoms with van der Waals surface area (Å²) in [7, 11) is -4.67. The Bertz CT molecular complexity index is 831. The van der Waals surface area contributed by atoms with Crippen molar-refractivity contribution in [3.05, 3.63) is 11.6 Å². The third-order valence-corrected chi connectivity index (χ3v) is 10.4. The lowest BCUT2D eigenvalue weighted by atomic mass is 9.47. The Kier molecular flexibility index (Phi) is 12.1. The molecular weight excluding hydrogens is 492 g/mol. The quantitative estimate of drug-likeness (QED) is 0.213. The van der Waals surface area contributed by atoms with Crippen LogP contribution in [0.2, 0.25) is 0 Å². The second-order valence-corrected chi connectivity index (χ2v) is 14.0. The van der Waals surface area contributed by atoms with Gasteiger partial charge in [0.2, 0.25) is 0 Å². The topological polar surface area (TPSA) is 135 Å². The van der Waals surface area contributed by atoms with E-state index in [9.17, 15) is 5.11 Å². The average Bonchev–Trinajstić information content (AvgIpc) is 3.15. The zero-order valence-electron chi connectivity index (χ0n) is 23.8. The smallest absolute Gasteiger partial charge is 0.394 e. The predicted octanol–water partition coefficient (Wildman–Crippen LogP) is 5.71. The highest BCUT2D eigenvalue weighted by Gasteiger charge is 2.59. The molecule has 0 amide bonds. The van der Waals surface area contributed by atoms with Crippen LogP contribution in [-0.4, -0.2) is 52.2 Å². The molecule has 5 N–H and O–H groups in total. The van der Waals surface area contributed by atoms with Gasteiger partial charge in [0, 0.05) is 0 Å². The standard InChI is InChI=1S/C27H46O.C2H6O2.H2O4S/c1-18(2)7-6-8-19(3)23-11-12-24-22-10-9-20-17-21(28)13-15-26(20,4)25(22)14-16-27(23,24)5;3-1-2-4;1-5(2,3)4/h9,18-19,21-25,28H,6-8,10-17H2,1-5H3;3-4H,1-2H2;(H2,1,2,3,4)/t19-,21+,22+,23-,24+,25+,26+,27-;;/m1../s1. The van der Waals surface area contributed by atoms with E-state index in [4.69, 9.17) is 27.7 Å². The maximum atomic E-state index is 10.2. The molecule has 218 valence electrons. The lowest BCUT2D eigenvalue weighted by molar-refractivity contribution is -0.0573. The number of rotatable bonds is 6. The van der Waals surface area contributed by atoms with Crippen molar-refractivity contribution in [3.8, 4) is 0 Å². The molecule has 0 unspecified atom stereocenters. The van der Waals surface area contributed by atoms with Crippen LogP contribution in [0, 0.1) is 46.3 Å². The molecule has 0 aromatic carbocycles. The van der Waals surface area contributed by atoms with Gasteiger partial charge in [0.05, 0.1) is 19.3 Å². The fourth-order valence-corrected chi connectivity index (χ4v) is 8.67. The van der Waals surface area contributed by atoms with Crippen molar-refractivity contribution >= 4 is 10.4 Å². The normalized spacial score (nSPS) is 37.6. The molecule has 7 nitrogen and oxygen atoms in total. The minimum atomic E-state index is -4.67. The van der Waals surface area contributed by atoms with Gasteiger partial charge in [-0.15, -0.1) is 0 Å². The van der Waals surface area contributed by atoms with Crippen LogP contribution < -0.4 is 0 Å². The van der Waals surface area contributed by atoms with Gasteiger partial charge < -0.3 is 15.3 Å². The van der Waals surface area contributed by atoms with Gasteiger partial charge in [-0.3, -0.25) is 9.11 Å². The highest BCUT2D eigenvalue weighted by molar-refractivity contribution is 7.79. The molecule has 0 saturated heterocycles. The van der Waals surface area contributed by atoms with Crippen molar-refractivity contribution in [1.29, 1.82) is 0 Å². The molecule has 8 atom stereocenters. The molecule has 0 spiro atoms. The first-order chi connectivity index (χ1) is 17.2. The zero-order chi connectivity index (χ0) is 28.0. The molecule has 0 aromatic rings. The van der Waals surface area contributed by atoms with Gasteiger partial charge in [-0.25, -0.2) is 0 Å². The van der Waals surface area contributed by atoms with Gasteiger partial charge in [-0.1, -0.05) is 65.5 Å². The number of aliphatic hydroxyl groups is 3. The number of aliphatic hydroxyl groups excluding tert-OH is 3. The molecular formula is C29H54O7S. The summed E-state index contributed by atoms with van der Waals surface area (Å²) in [5, 5.41) is 25.5. The van der Waals surface area contributed by atoms with Gasteiger partial charge >= 0.3 is 10.4 Å². The highest BCUT2D eigenvalue weighted by atomic mass is 32.3. The van der Waals surface area contributed by atoms with E-state index in [1.165, 1.54) is 57.8 Å². The van der Waals surface area contributed by atoms with Crippen LogP contribution in [0.4, 0.5) is 0 Å². The Balaban J connectivity index is 0.000000464. The molecule has 0 aromatic heterocycles. The first-order valence-electron chi connectivity index (χ1n) is 14.5. The fourth-order valence-electron chi connectivity index (χ4n) is 8.67. The summed E-state index contributed by atoms with van der Waals surface area (Å²) in [6, 6.07) is 0. The Morgan fingerprint density at radius 3 is 2.14 bits per heavy atom. The fraction of sp³-hybridized carbons (Fsp3) is 0.931. The van der Waals surface area contributed by atoms with E-state index in [1.54, 1.807) is 5.57 Å². The summed E-state index contributed by atoms with van der Waals surface area (Å²) in [6.45, 7) is 12.3. The summed E-state index contributed by atoms with van der Waals surface area (Å²) >= 11 is 0. The molecule has 0 heterocycles.